The lowest BCUT2D eigenvalue weighted by Gasteiger charge is -2.15. The highest BCUT2D eigenvalue weighted by Crippen LogP contribution is 2.48. The van der Waals surface area contributed by atoms with Crippen LogP contribution in [0.25, 0.3) is 0 Å². The van der Waals surface area contributed by atoms with Gasteiger partial charge < -0.3 is 10.4 Å². The Bertz CT molecular complexity index is 553. The monoisotopic (exact) mass is 305 g/mol. The van der Waals surface area contributed by atoms with Gasteiger partial charge >= 0.3 is 5.76 Å². The zero-order chi connectivity index (χ0) is 14.8. The van der Waals surface area contributed by atoms with Crippen molar-refractivity contribution in [1.82, 2.24) is 0 Å². The minimum atomic E-state index is -4.53. The van der Waals surface area contributed by atoms with E-state index in [2.05, 4.69) is 5.32 Å². The third-order valence-electron chi connectivity index (χ3n) is 3.68. The van der Waals surface area contributed by atoms with Crippen molar-refractivity contribution in [3.63, 3.8) is 0 Å². The summed E-state index contributed by atoms with van der Waals surface area (Å²) in [6.07, 6.45) is 2.84. The van der Waals surface area contributed by atoms with E-state index in [0.717, 1.165) is 19.3 Å². The summed E-state index contributed by atoms with van der Waals surface area (Å²) >= 11 is 0. The van der Waals surface area contributed by atoms with Crippen molar-refractivity contribution in [2.45, 2.75) is 29.9 Å². The first-order chi connectivity index (χ1) is 9.39. The molecule has 112 valence electrons. The third-order valence-corrected chi connectivity index (χ3v) is 5.08. The first-order valence-electron chi connectivity index (χ1n) is 6.36. The van der Waals surface area contributed by atoms with Gasteiger partial charge in [0, 0.05) is 18.8 Å². The molecule has 1 aromatic rings. The lowest BCUT2D eigenvalue weighted by Crippen LogP contribution is -2.17. The summed E-state index contributed by atoms with van der Waals surface area (Å²) < 4.78 is 47.3. The zero-order valence-electron chi connectivity index (χ0n) is 10.9. The van der Waals surface area contributed by atoms with Gasteiger partial charge in [-0.1, -0.05) is 0 Å². The molecule has 1 saturated carbocycles. The molecule has 2 N–H and O–H groups in total. The fourth-order valence-corrected chi connectivity index (χ4v) is 2.81. The van der Waals surface area contributed by atoms with Gasteiger partial charge in [0.1, 0.15) is 0 Å². The van der Waals surface area contributed by atoms with Gasteiger partial charge in [-0.25, -0.2) is 8.42 Å². The summed E-state index contributed by atoms with van der Waals surface area (Å²) in [5.74, 6) is -3.40. The summed E-state index contributed by atoms with van der Waals surface area (Å²) in [5, 5.41) is 12.1. The zero-order valence-corrected chi connectivity index (χ0v) is 11.7. The molecule has 7 heteroatoms. The predicted octanol–water partition coefficient (Wildman–Crippen LogP) is 2.26. The number of halogens is 2. The van der Waals surface area contributed by atoms with Crippen molar-refractivity contribution in [2.24, 2.45) is 5.41 Å². The molecule has 0 aromatic heterocycles. The minimum absolute atomic E-state index is 0.127. The normalized spacial score (nSPS) is 17.2. The minimum Gasteiger partial charge on any atom is -0.396 e. The van der Waals surface area contributed by atoms with Gasteiger partial charge in [-0.3, -0.25) is 0 Å². The van der Waals surface area contributed by atoms with Crippen LogP contribution in [-0.4, -0.2) is 32.4 Å². The van der Waals surface area contributed by atoms with Gasteiger partial charge in [0.2, 0.25) is 9.84 Å². The van der Waals surface area contributed by atoms with Crippen LogP contribution in [0.4, 0.5) is 14.5 Å². The molecule has 0 spiro atoms. The Hall–Kier alpha value is -1.21. The molecule has 1 aromatic carbocycles. The van der Waals surface area contributed by atoms with Crippen molar-refractivity contribution in [1.29, 1.82) is 0 Å². The standard InChI is InChI=1S/C13H17F2NO3S/c14-12(15)20(18,19)11-3-1-10(2-4-11)16-9-13(5-6-13)7-8-17/h1-4,12,16-17H,5-9H2. The number of alkyl halides is 2. The first-order valence-corrected chi connectivity index (χ1v) is 7.91. The highest BCUT2D eigenvalue weighted by atomic mass is 32.2. The van der Waals surface area contributed by atoms with Crippen LogP contribution in [0.2, 0.25) is 0 Å². The van der Waals surface area contributed by atoms with Crippen molar-refractivity contribution >= 4 is 15.5 Å². The molecular formula is C13H17F2NO3S. The number of rotatable bonds is 7. The molecule has 0 amide bonds. The maximum Gasteiger partial charge on any atom is 0.341 e. The Morgan fingerprint density at radius 1 is 1.25 bits per heavy atom. The fourth-order valence-electron chi connectivity index (χ4n) is 2.08. The van der Waals surface area contributed by atoms with E-state index in [1.54, 1.807) is 0 Å². The number of hydrogen-bond acceptors (Lipinski definition) is 4. The van der Waals surface area contributed by atoms with Crippen LogP contribution >= 0.6 is 0 Å². The number of anilines is 1. The summed E-state index contributed by atoms with van der Waals surface area (Å²) in [5.41, 5.74) is 0.810. The number of hydrogen-bond donors (Lipinski definition) is 2. The van der Waals surface area contributed by atoms with Gasteiger partial charge in [-0.15, -0.1) is 0 Å². The Morgan fingerprint density at radius 3 is 2.30 bits per heavy atom. The van der Waals surface area contributed by atoms with E-state index in [0.29, 0.717) is 12.2 Å². The predicted molar refractivity (Wildman–Crippen MR) is 71.5 cm³/mol. The van der Waals surface area contributed by atoms with E-state index < -0.39 is 15.6 Å². The SMILES string of the molecule is O=S(=O)(c1ccc(NCC2(CCO)CC2)cc1)C(F)F. The lowest BCUT2D eigenvalue weighted by atomic mass is 10.0. The van der Waals surface area contributed by atoms with E-state index in [-0.39, 0.29) is 16.9 Å². The third kappa shape index (κ3) is 3.27. The second-order valence-electron chi connectivity index (χ2n) is 5.16. The maximum absolute atomic E-state index is 12.4. The molecule has 0 radical (unpaired) electrons. The van der Waals surface area contributed by atoms with E-state index in [9.17, 15) is 17.2 Å². The molecule has 0 saturated heterocycles. The molecule has 20 heavy (non-hydrogen) atoms. The average molecular weight is 305 g/mol. The second-order valence-corrected chi connectivity index (χ2v) is 7.07. The highest BCUT2D eigenvalue weighted by molar-refractivity contribution is 7.91. The second kappa shape index (κ2) is 5.65. The molecule has 0 aliphatic heterocycles. The van der Waals surface area contributed by atoms with Crippen LogP contribution in [0.1, 0.15) is 19.3 Å². The summed E-state index contributed by atoms with van der Waals surface area (Å²) in [4.78, 5) is -0.380. The molecule has 2 rings (SSSR count). The van der Waals surface area contributed by atoms with Gasteiger partial charge in [0.15, 0.2) is 0 Å². The largest absolute Gasteiger partial charge is 0.396 e. The van der Waals surface area contributed by atoms with Crippen molar-refractivity contribution < 1.29 is 22.3 Å². The van der Waals surface area contributed by atoms with Crippen LogP contribution in [0, 0.1) is 5.41 Å². The van der Waals surface area contributed by atoms with Crippen LogP contribution in [0.15, 0.2) is 29.2 Å². The van der Waals surface area contributed by atoms with Crippen molar-refractivity contribution in [3.8, 4) is 0 Å². The van der Waals surface area contributed by atoms with E-state index in [4.69, 9.17) is 5.11 Å². The molecule has 0 heterocycles. The topological polar surface area (TPSA) is 66.4 Å². The Kier molecular flexibility index (Phi) is 4.29. The molecule has 1 aliphatic rings. The van der Waals surface area contributed by atoms with E-state index in [1.165, 1.54) is 24.3 Å². The van der Waals surface area contributed by atoms with Crippen LogP contribution < -0.4 is 5.32 Å². The molecule has 0 atom stereocenters. The summed E-state index contributed by atoms with van der Waals surface area (Å²) in [6.45, 7) is 0.835. The Balaban J connectivity index is 1.99. The number of sulfone groups is 1. The first kappa shape index (κ1) is 15.2. The summed E-state index contributed by atoms with van der Waals surface area (Å²) in [6, 6.07) is 5.31. The van der Waals surface area contributed by atoms with Crippen LogP contribution in [0.3, 0.4) is 0 Å². The fraction of sp³-hybridized carbons (Fsp3) is 0.538. The number of nitrogens with one attached hydrogen (secondary N) is 1. The molecule has 0 unspecified atom stereocenters. The van der Waals surface area contributed by atoms with Crippen molar-refractivity contribution in [2.75, 3.05) is 18.5 Å². The number of aliphatic hydroxyl groups is 1. The molecule has 1 fully saturated rings. The van der Waals surface area contributed by atoms with E-state index in [1.807, 2.05) is 0 Å². The molecule has 4 nitrogen and oxygen atoms in total. The number of benzene rings is 1. The van der Waals surface area contributed by atoms with E-state index >= 15 is 0 Å². The molecule has 0 bridgehead atoms. The van der Waals surface area contributed by atoms with Gasteiger partial charge in [-0.2, -0.15) is 8.78 Å². The smallest absolute Gasteiger partial charge is 0.341 e. The molecular weight excluding hydrogens is 288 g/mol. The Morgan fingerprint density at radius 2 is 1.85 bits per heavy atom. The van der Waals surface area contributed by atoms with Gasteiger partial charge in [-0.05, 0) is 48.9 Å². The quantitative estimate of drug-likeness (QED) is 0.811. The van der Waals surface area contributed by atoms with Crippen molar-refractivity contribution in [3.05, 3.63) is 24.3 Å². The summed E-state index contributed by atoms with van der Waals surface area (Å²) in [7, 11) is -4.53. The molecule has 1 aliphatic carbocycles. The van der Waals surface area contributed by atoms with Crippen LogP contribution in [-0.2, 0) is 9.84 Å². The average Bonchev–Trinajstić information content (AvgIpc) is 3.17. The Labute approximate surface area is 116 Å². The maximum atomic E-state index is 12.4. The number of aliphatic hydroxyl groups excluding tert-OH is 1. The van der Waals surface area contributed by atoms with Gasteiger partial charge in [0.05, 0.1) is 4.90 Å². The highest BCUT2D eigenvalue weighted by Gasteiger charge is 2.41. The van der Waals surface area contributed by atoms with Crippen LogP contribution in [0.5, 0.6) is 0 Å². The van der Waals surface area contributed by atoms with Gasteiger partial charge in [0.25, 0.3) is 0 Å². The lowest BCUT2D eigenvalue weighted by molar-refractivity contribution is 0.234.